The Kier molecular flexibility index (Phi) is 9.24. The summed E-state index contributed by atoms with van der Waals surface area (Å²) >= 11 is 0. The first-order valence-corrected chi connectivity index (χ1v) is 6.89. The highest BCUT2D eigenvalue weighted by Crippen LogP contribution is 2.21. The number of aliphatic hydroxyl groups is 4. The highest BCUT2D eigenvalue weighted by Gasteiger charge is 2.43. The van der Waals surface area contributed by atoms with Crippen LogP contribution in [0.15, 0.2) is 0 Å². The first-order valence-electron chi connectivity index (χ1n) is 6.89. The van der Waals surface area contributed by atoms with Crippen molar-refractivity contribution in [2.45, 2.75) is 30.7 Å². The van der Waals surface area contributed by atoms with E-state index in [1.54, 1.807) is 0 Å². The molecule has 1 aliphatic rings. The van der Waals surface area contributed by atoms with Gasteiger partial charge in [-0.2, -0.15) is 0 Å². The molecule has 0 aromatic rings. The van der Waals surface area contributed by atoms with Crippen LogP contribution in [0.25, 0.3) is 0 Å². The van der Waals surface area contributed by atoms with Crippen LogP contribution in [0.1, 0.15) is 0 Å². The second-order valence-electron chi connectivity index (χ2n) is 4.58. The van der Waals surface area contributed by atoms with Gasteiger partial charge in [0, 0.05) is 6.54 Å². The third kappa shape index (κ3) is 6.10. The Labute approximate surface area is 123 Å². The number of aliphatic hydroxyl groups excluding tert-OH is 4. The molecule has 1 fully saturated rings. The van der Waals surface area contributed by atoms with E-state index < -0.39 is 37.3 Å². The fourth-order valence-electron chi connectivity index (χ4n) is 1.83. The van der Waals surface area contributed by atoms with Crippen molar-refractivity contribution >= 4 is 0 Å². The molecule has 21 heavy (non-hydrogen) atoms. The number of ether oxygens (including phenoxy) is 4. The zero-order valence-corrected chi connectivity index (χ0v) is 11.8. The van der Waals surface area contributed by atoms with E-state index in [-0.39, 0.29) is 13.2 Å². The molecule has 0 amide bonds. The molecule has 0 aromatic carbocycles. The molecule has 0 spiro atoms. The average Bonchev–Trinajstić information content (AvgIpc) is 2.49. The Balaban J connectivity index is 2.16. The minimum Gasteiger partial charge on any atom is -0.394 e. The summed E-state index contributed by atoms with van der Waals surface area (Å²) in [4.78, 5) is 0. The Morgan fingerprint density at radius 3 is 2.10 bits per heavy atom. The fourth-order valence-corrected chi connectivity index (χ4v) is 1.83. The van der Waals surface area contributed by atoms with Crippen molar-refractivity contribution in [3.8, 4) is 0 Å². The monoisotopic (exact) mass is 311 g/mol. The van der Waals surface area contributed by atoms with Crippen molar-refractivity contribution in [3.63, 3.8) is 0 Å². The van der Waals surface area contributed by atoms with Crippen LogP contribution in [0.4, 0.5) is 0 Å². The van der Waals surface area contributed by atoms with Gasteiger partial charge >= 0.3 is 0 Å². The van der Waals surface area contributed by atoms with E-state index in [4.69, 9.17) is 29.8 Å². The largest absolute Gasteiger partial charge is 0.394 e. The second-order valence-corrected chi connectivity index (χ2v) is 4.58. The molecular formula is C12H25NO8. The molecule has 0 unspecified atom stereocenters. The third-order valence-electron chi connectivity index (χ3n) is 2.99. The lowest BCUT2D eigenvalue weighted by atomic mass is 9.99. The van der Waals surface area contributed by atoms with Crippen LogP contribution in [-0.2, 0) is 18.9 Å². The summed E-state index contributed by atoms with van der Waals surface area (Å²) in [5.41, 5.74) is 5.25. The predicted molar refractivity (Wildman–Crippen MR) is 70.4 cm³/mol. The van der Waals surface area contributed by atoms with E-state index in [0.717, 1.165) is 0 Å². The standard InChI is InChI=1S/C12H25NO8/c13-1-2-18-3-4-19-5-6-20-12-11(17)10(16)9(15)8(7-14)21-12/h8-12,14-17H,1-7,13H2/t8-,9-,10+,11+,12+/m1/s1. The maximum absolute atomic E-state index is 9.71. The highest BCUT2D eigenvalue weighted by molar-refractivity contribution is 4.88. The van der Waals surface area contributed by atoms with Gasteiger partial charge in [0.05, 0.1) is 39.6 Å². The number of hydrogen-bond acceptors (Lipinski definition) is 9. The van der Waals surface area contributed by atoms with Crippen molar-refractivity contribution < 1.29 is 39.4 Å². The highest BCUT2D eigenvalue weighted by atomic mass is 16.7. The van der Waals surface area contributed by atoms with Crippen LogP contribution in [0.5, 0.6) is 0 Å². The van der Waals surface area contributed by atoms with Gasteiger partial charge in [0.25, 0.3) is 0 Å². The maximum atomic E-state index is 9.71. The molecule has 126 valence electrons. The van der Waals surface area contributed by atoms with Gasteiger partial charge in [-0.3, -0.25) is 0 Å². The number of rotatable bonds is 10. The summed E-state index contributed by atoms with van der Waals surface area (Å²) in [5, 5.41) is 37.9. The summed E-state index contributed by atoms with van der Waals surface area (Å²) < 4.78 is 20.7. The molecule has 1 heterocycles. The lowest BCUT2D eigenvalue weighted by Gasteiger charge is -2.39. The Bertz CT molecular complexity index is 268. The average molecular weight is 311 g/mol. The molecule has 0 radical (unpaired) electrons. The maximum Gasteiger partial charge on any atom is 0.186 e. The van der Waals surface area contributed by atoms with Crippen molar-refractivity contribution in [2.75, 3.05) is 46.2 Å². The van der Waals surface area contributed by atoms with E-state index in [2.05, 4.69) is 0 Å². The molecule has 5 atom stereocenters. The number of nitrogens with two attached hydrogens (primary N) is 1. The lowest BCUT2D eigenvalue weighted by Crippen LogP contribution is -2.59. The second kappa shape index (κ2) is 10.4. The van der Waals surface area contributed by atoms with Gasteiger partial charge in [0.1, 0.15) is 24.4 Å². The molecule has 0 saturated carbocycles. The molecule has 9 nitrogen and oxygen atoms in total. The van der Waals surface area contributed by atoms with Crippen LogP contribution >= 0.6 is 0 Å². The smallest absolute Gasteiger partial charge is 0.186 e. The quantitative estimate of drug-likeness (QED) is 0.263. The van der Waals surface area contributed by atoms with Crippen LogP contribution < -0.4 is 5.73 Å². The lowest BCUT2D eigenvalue weighted by molar-refractivity contribution is -0.302. The fraction of sp³-hybridized carbons (Fsp3) is 1.00. The summed E-state index contributed by atoms with van der Waals surface area (Å²) in [7, 11) is 0. The molecule has 0 aromatic heterocycles. The van der Waals surface area contributed by atoms with Crippen LogP contribution in [-0.4, -0.2) is 97.3 Å². The molecule has 1 aliphatic heterocycles. The topological polar surface area (TPSA) is 144 Å². The number of hydrogen-bond donors (Lipinski definition) is 5. The van der Waals surface area contributed by atoms with Crippen molar-refractivity contribution in [3.05, 3.63) is 0 Å². The predicted octanol–water partition coefficient (Wildman–Crippen LogP) is -3.21. The van der Waals surface area contributed by atoms with Crippen molar-refractivity contribution in [1.82, 2.24) is 0 Å². The Morgan fingerprint density at radius 2 is 1.48 bits per heavy atom. The van der Waals surface area contributed by atoms with Gasteiger partial charge in [-0.1, -0.05) is 0 Å². The van der Waals surface area contributed by atoms with Gasteiger partial charge in [0.2, 0.25) is 0 Å². The van der Waals surface area contributed by atoms with E-state index in [9.17, 15) is 15.3 Å². The van der Waals surface area contributed by atoms with Gasteiger partial charge in [-0.25, -0.2) is 0 Å². The zero-order valence-electron chi connectivity index (χ0n) is 11.8. The molecule has 9 heteroatoms. The molecule has 0 bridgehead atoms. The summed E-state index contributed by atoms with van der Waals surface area (Å²) in [6, 6.07) is 0. The van der Waals surface area contributed by atoms with E-state index >= 15 is 0 Å². The van der Waals surface area contributed by atoms with Gasteiger partial charge in [0.15, 0.2) is 6.29 Å². The molecule has 1 rings (SSSR count). The first-order chi connectivity index (χ1) is 10.1. The van der Waals surface area contributed by atoms with Crippen LogP contribution in [0.2, 0.25) is 0 Å². The van der Waals surface area contributed by atoms with E-state index in [0.29, 0.717) is 26.4 Å². The van der Waals surface area contributed by atoms with Crippen molar-refractivity contribution in [2.24, 2.45) is 5.73 Å². The molecular weight excluding hydrogens is 286 g/mol. The minimum atomic E-state index is -1.44. The first kappa shape index (κ1) is 18.7. The van der Waals surface area contributed by atoms with Gasteiger partial charge in [-0.15, -0.1) is 0 Å². The SMILES string of the molecule is NCCOCCOCCO[C@H]1O[C@H](CO)[C@@H](O)[C@H](O)[C@@H]1O. The van der Waals surface area contributed by atoms with Crippen LogP contribution in [0, 0.1) is 0 Å². The van der Waals surface area contributed by atoms with Crippen molar-refractivity contribution in [1.29, 1.82) is 0 Å². The van der Waals surface area contributed by atoms with E-state index in [1.807, 2.05) is 0 Å². The van der Waals surface area contributed by atoms with E-state index in [1.165, 1.54) is 0 Å². The zero-order chi connectivity index (χ0) is 15.7. The van der Waals surface area contributed by atoms with Gasteiger partial charge in [-0.05, 0) is 0 Å². The summed E-state index contributed by atoms with van der Waals surface area (Å²) in [6.07, 6.45) is -6.32. The molecule has 1 saturated heterocycles. The normalized spacial score (nSPS) is 33.3. The minimum absolute atomic E-state index is 0.125. The van der Waals surface area contributed by atoms with Crippen LogP contribution in [0.3, 0.4) is 0 Å². The Morgan fingerprint density at radius 1 is 0.857 bits per heavy atom. The third-order valence-corrected chi connectivity index (χ3v) is 2.99. The van der Waals surface area contributed by atoms with Gasteiger partial charge < -0.3 is 45.1 Å². The summed E-state index contributed by atoms with van der Waals surface area (Å²) in [5.74, 6) is 0. The Hall–Kier alpha value is -0.360. The molecule has 0 aliphatic carbocycles. The summed E-state index contributed by atoms with van der Waals surface area (Å²) in [6.45, 7) is 1.64. The molecule has 6 N–H and O–H groups in total.